The van der Waals surface area contributed by atoms with Gasteiger partial charge in [-0.2, -0.15) is 0 Å². The van der Waals surface area contributed by atoms with E-state index in [2.05, 4.69) is 16.0 Å². The van der Waals surface area contributed by atoms with Crippen LogP contribution < -0.4 is 33.2 Å². The molecule has 15 heteroatoms. The Hall–Kier alpha value is -4.24. The molecule has 0 saturated carbocycles. The highest BCUT2D eigenvalue weighted by molar-refractivity contribution is 5.95. The summed E-state index contributed by atoms with van der Waals surface area (Å²) < 4.78 is 0. The zero-order valence-electron chi connectivity index (χ0n) is 21.3. The first-order valence-corrected chi connectivity index (χ1v) is 12.2. The van der Waals surface area contributed by atoms with Gasteiger partial charge in [-0.1, -0.05) is 12.1 Å². The maximum atomic E-state index is 13.1. The first kappa shape index (κ1) is 32.8. The average Bonchev–Trinajstić information content (AvgIpc) is 2.85. The number of carboxylic acids is 2. The highest BCUT2D eigenvalue weighted by Gasteiger charge is 2.31. The van der Waals surface area contributed by atoms with E-state index in [1.165, 1.54) is 24.3 Å². The molecule has 12 N–H and O–H groups in total. The van der Waals surface area contributed by atoms with Gasteiger partial charge in [0.2, 0.25) is 23.6 Å². The van der Waals surface area contributed by atoms with Gasteiger partial charge in [0.1, 0.15) is 23.9 Å². The fourth-order valence-electron chi connectivity index (χ4n) is 3.49. The van der Waals surface area contributed by atoms with Crippen molar-refractivity contribution in [2.24, 2.45) is 17.2 Å². The molecule has 0 saturated heterocycles. The second-order valence-electron chi connectivity index (χ2n) is 8.89. The number of nitrogens with two attached hydrogens (primary N) is 3. The van der Waals surface area contributed by atoms with Crippen molar-refractivity contribution in [1.29, 1.82) is 0 Å². The van der Waals surface area contributed by atoms with E-state index in [1.54, 1.807) is 0 Å². The number of rotatable bonds is 18. The monoisotopic (exact) mass is 552 g/mol. The molecule has 0 fully saturated rings. The summed E-state index contributed by atoms with van der Waals surface area (Å²) in [5.41, 5.74) is 16.7. The van der Waals surface area contributed by atoms with E-state index in [4.69, 9.17) is 22.3 Å². The molecular formula is C24H36N6O9. The predicted molar refractivity (Wildman–Crippen MR) is 137 cm³/mol. The number of carboxylic acid groups (broad SMARTS) is 2. The van der Waals surface area contributed by atoms with Crippen LogP contribution in [0.15, 0.2) is 24.3 Å². The highest BCUT2D eigenvalue weighted by Crippen LogP contribution is 2.12. The number of carbonyl (C=O) groups is 6. The fourth-order valence-corrected chi connectivity index (χ4v) is 3.49. The molecule has 1 aromatic carbocycles. The van der Waals surface area contributed by atoms with E-state index in [1.807, 2.05) is 0 Å². The topological polar surface area (TPSA) is 277 Å². The molecule has 1 rings (SSSR count). The lowest BCUT2D eigenvalue weighted by Crippen LogP contribution is -2.57. The standard InChI is InChI=1S/C24H36N6O9/c25-10-2-1-3-17(24(38)39)29-23(37)18(11-13-4-6-14(31)7-5-13)30-22(36)16(8-9-19(27)32)28-21(35)15(26)12-20(33)34/h4-7,15-18,31H,1-3,8-12,25-26H2,(H2,27,32)(H,28,35)(H,29,37)(H,30,36)(H,33,34)(H,38,39). The minimum absolute atomic E-state index is 0.0402. The van der Waals surface area contributed by atoms with Gasteiger partial charge in [-0.25, -0.2) is 4.79 Å². The number of aromatic hydroxyl groups is 1. The number of phenolic OH excluding ortho intramolecular Hbond substituents is 1. The van der Waals surface area contributed by atoms with Crippen LogP contribution in [0.25, 0.3) is 0 Å². The molecule has 0 spiro atoms. The Labute approximate surface area is 224 Å². The van der Waals surface area contributed by atoms with E-state index in [-0.39, 0.29) is 31.4 Å². The molecule has 15 nitrogen and oxygen atoms in total. The number of benzene rings is 1. The predicted octanol–water partition coefficient (Wildman–Crippen LogP) is -2.33. The van der Waals surface area contributed by atoms with Gasteiger partial charge in [-0.05, 0) is 49.9 Å². The van der Waals surface area contributed by atoms with Crippen LogP contribution in [0.3, 0.4) is 0 Å². The first-order valence-electron chi connectivity index (χ1n) is 12.2. The quantitative estimate of drug-likeness (QED) is 0.0871. The van der Waals surface area contributed by atoms with E-state index in [0.29, 0.717) is 24.9 Å². The number of primary amides is 1. The summed E-state index contributed by atoms with van der Waals surface area (Å²) in [5.74, 6) is -6.18. The zero-order valence-corrected chi connectivity index (χ0v) is 21.3. The number of unbranched alkanes of at least 4 members (excludes halogenated alkanes) is 1. The Morgan fingerprint density at radius 3 is 1.90 bits per heavy atom. The molecule has 1 aromatic rings. The molecule has 0 heterocycles. The SMILES string of the molecule is NCCCCC(NC(=O)C(Cc1ccc(O)cc1)NC(=O)C(CCC(N)=O)NC(=O)C(N)CC(=O)O)C(=O)O. The van der Waals surface area contributed by atoms with Crippen LogP contribution in [0.1, 0.15) is 44.1 Å². The zero-order chi connectivity index (χ0) is 29.5. The summed E-state index contributed by atoms with van der Waals surface area (Å²) in [4.78, 5) is 72.5. The lowest BCUT2D eigenvalue weighted by atomic mass is 10.0. The second kappa shape index (κ2) is 16.6. The number of phenols is 1. The van der Waals surface area contributed by atoms with Crippen molar-refractivity contribution in [1.82, 2.24) is 16.0 Å². The summed E-state index contributed by atoms with van der Waals surface area (Å²) in [6, 6.07) is 0.204. The lowest BCUT2D eigenvalue weighted by molar-refractivity contribution is -0.142. The van der Waals surface area contributed by atoms with Gasteiger partial charge in [0.05, 0.1) is 12.5 Å². The minimum atomic E-state index is -1.49. The molecular weight excluding hydrogens is 516 g/mol. The van der Waals surface area contributed by atoms with Gasteiger partial charge < -0.3 is 48.5 Å². The van der Waals surface area contributed by atoms with E-state index in [9.17, 15) is 39.0 Å². The summed E-state index contributed by atoms with van der Waals surface area (Å²) in [6.45, 7) is 0.342. The van der Waals surface area contributed by atoms with Gasteiger partial charge in [-0.3, -0.25) is 24.0 Å². The van der Waals surface area contributed by atoms with Gasteiger partial charge in [-0.15, -0.1) is 0 Å². The van der Waals surface area contributed by atoms with Gasteiger partial charge >= 0.3 is 11.9 Å². The Bertz CT molecular complexity index is 1020. The third kappa shape index (κ3) is 12.7. The van der Waals surface area contributed by atoms with Gasteiger partial charge in [0.25, 0.3) is 0 Å². The molecule has 0 radical (unpaired) electrons. The Morgan fingerprint density at radius 2 is 1.36 bits per heavy atom. The van der Waals surface area contributed by atoms with Crippen LogP contribution in [-0.4, -0.2) is 81.6 Å². The van der Waals surface area contributed by atoms with Crippen molar-refractivity contribution in [2.75, 3.05) is 6.54 Å². The number of hydrogen-bond acceptors (Lipinski definition) is 9. The number of nitrogens with one attached hydrogen (secondary N) is 3. The van der Waals surface area contributed by atoms with Crippen molar-refractivity contribution >= 4 is 35.6 Å². The third-order valence-corrected chi connectivity index (χ3v) is 5.61. The van der Waals surface area contributed by atoms with Crippen LogP contribution in [0.2, 0.25) is 0 Å². The van der Waals surface area contributed by atoms with Crippen molar-refractivity contribution in [3.8, 4) is 5.75 Å². The first-order chi connectivity index (χ1) is 18.3. The molecule has 4 atom stereocenters. The summed E-state index contributed by atoms with van der Waals surface area (Å²) in [5, 5.41) is 35.0. The molecule has 0 aromatic heterocycles. The van der Waals surface area contributed by atoms with Crippen LogP contribution >= 0.6 is 0 Å². The van der Waals surface area contributed by atoms with Gasteiger partial charge in [0.15, 0.2) is 0 Å². The van der Waals surface area contributed by atoms with E-state index >= 15 is 0 Å². The Balaban J connectivity index is 3.16. The largest absolute Gasteiger partial charge is 0.508 e. The molecule has 39 heavy (non-hydrogen) atoms. The fraction of sp³-hybridized carbons (Fsp3) is 0.500. The summed E-state index contributed by atoms with van der Waals surface area (Å²) in [6.07, 6.45) is -0.388. The molecule has 4 unspecified atom stereocenters. The van der Waals surface area contributed by atoms with Crippen molar-refractivity contribution < 1.29 is 44.1 Å². The molecule has 216 valence electrons. The number of hydrogen-bond donors (Lipinski definition) is 9. The summed E-state index contributed by atoms with van der Waals surface area (Å²) >= 11 is 0. The number of aliphatic carboxylic acids is 2. The smallest absolute Gasteiger partial charge is 0.326 e. The van der Waals surface area contributed by atoms with Gasteiger partial charge in [0, 0.05) is 12.8 Å². The van der Waals surface area contributed by atoms with Crippen molar-refractivity contribution in [3.05, 3.63) is 29.8 Å². The highest BCUT2D eigenvalue weighted by atomic mass is 16.4. The molecule has 0 aliphatic carbocycles. The maximum absolute atomic E-state index is 13.1. The van der Waals surface area contributed by atoms with Crippen LogP contribution in [0.5, 0.6) is 5.75 Å². The number of amides is 4. The molecule has 4 amide bonds. The van der Waals surface area contributed by atoms with E-state index < -0.39 is 66.2 Å². The third-order valence-electron chi connectivity index (χ3n) is 5.61. The normalized spacial score (nSPS) is 13.8. The van der Waals surface area contributed by atoms with Crippen molar-refractivity contribution in [3.63, 3.8) is 0 Å². The van der Waals surface area contributed by atoms with Crippen LogP contribution in [0.4, 0.5) is 0 Å². The van der Waals surface area contributed by atoms with Crippen LogP contribution in [0, 0.1) is 0 Å². The number of carbonyl (C=O) groups excluding carboxylic acids is 4. The van der Waals surface area contributed by atoms with Crippen molar-refractivity contribution in [2.45, 2.75) is 69.1 Å². The lowest BCUT2D eigenvalue weighted by Gasteiger charge is -2.25. The van der Waals surface area contributed by atoms with E-state index in [0.717, 1.165) is 0 Å². The average molecular weight is 553 g/mol. The Kier molecular flexibility index (Phi) is 13.9. The second-order valence-corrected chi connectivity index (χ2v) is 8.89. The molecule has 0 bridgehead atoms. The molecule has 0 aliphatic rings. The molecule has 0 aliphatic heterocycles. The van der Waals surface area contributed by atoms with Crippen LogP contribution in [-0.2, 0) is 35.2 Å². The maximum Gasteiger partial charge on any atom is 0.326 e. The summed E-state index contributed by atoms with van der Waals surface area (Å²) in [7, 11) is 0. The minimum Gasteiger partial charge on any atom is -0.508 e. The Morgan fingerprint density at radius 1 is 0.795 bits per heavy atom.